The van der Waals surface area contributed by atoms with Gasteiger partial charge in [-0.25, -0.2) is 4.98 Å². The van der Waals surface area contributed by atoms with Crippen LogP contribution in [0.3, 0.4) is 0 Å². The molecule has 0 radical (unpaired) electrons. The summed E-state index contributed by atoms with van der Waals surface area (Å²) in [5.41, 5.74) is -0.726. The lowest BCUT2D eigenvalue weighted by molar-refractivity contribution is -0.0715. The summed E-state index contributed by atoms with van der Waals surface area (Å²) < 4.78 is 1.94. The highest BCUT2D eigenvalue weighted by atomic mass is 16.3. The summed E-state index contributed by atoms with van der Waals surface area (Å²) in [7, 11) is 1.95. The monoisotopic (exact) mass is 208 g/mol. The summed E-state index contributed by atoms with van der Waals surface area (Å²) in [6.07, 6.45) is 6.80. The van der Waals surface area contributed by atoms with E-state index in [-0.39, 0.29) is 0 Å². The molecule has 1 fully saturated rings. The van der Waals surface area contributed by atoms with Crippen molar-refractivity contribution in [2.45, 2.75) is 38.7 Å². The summed E-state index contributed by atoms with van der Waals surface area (Å²) >= 11 is 0. The molecule has 15 heavy (non-hydrogen) atoms. The van der Waals surface area contributed by atoms with Crippen molar-refractivity contribution in [1.29, 1.82) is 0 Å². The third-order valence-electron chi connectivity index (χ3n) is 3.78. The van der Waals surface area contributed by atoms with E-state index in [4.69, 9.17) is 0 Å². The third kappa shape index (κ3) is 1.69. The lowest BCUT2D eigenvalue weighted by Crippen LogP contribution is -2.41. The van der Waals surface area contributed by atoms with Crippen LogP contribution in [0.4, 0.5) is 0 Å². The number of imidazole rings is 1. The van der Waals surface area contributed by atoms with Crippen LogP contribution < -0.4 is 0 Å². The van der Waals surface area contributed by atoms with Crippen molar-refractivity contribution in [2.24, 2.45) is 18.9 Å². The molecule has 3 nitrogen and oxygen atoms in total. The second kappa shape index (κ2) is 3.63. The normalized spacial score (nSPS) is 36.8. The van der Waals surface area contributed by atoms with Crippen LogP contribution in [-0.4, -0.2) is 14.7 Å². The number of aryl methyl sites for hydroxylation is 1. The standard InChI is InChI=1S/C12H20N2O/c1-9-4-5-10(2)12(15,8-9)11-13-6-7-14(11)3/h6-7,9-10,15H,4-5,8H2,1-3H3. The second-order valence-corrected chi connectivity index (χ2v) is 5.07. The topological polar surface area (TPSA) is 38.1 Å². The molecule has 1 saturated carbocycles. The molecule has 84 valence electrons. The highest BCUT2D eigenvalue weighted by Gasteiger charge is 2.42. The molecular formula is C12H20N2O. The molecule has 2 rings (SSSR count). The molecule has 1 aliphatic rings. The zero-order valence-electron chi connectivity index (χ0n) is 9.77. The van der Waals surface area contributed by atoms with Crippen molar-refractivity contribution >= 4 is 0 Å². The fourth-order valence-corrected chi connectivity index (χ4v) is 2.70. The van der Waals surface area contributed by atoms with E-state index in [0.717, 1.165) is 18.7 Å². The molecule has 0 aromatic carbocycles. The van der Waals surface area contributed by atoms with Gasteiger partial charge in [0.2, 0.25) is 0 Å². The first-order valence-corrected chi connectivity index (χ1v) is 5.74. The van der Waals surface area contributed by atoms with Crippen molar-refractivity contribution in [3.8, 4) is 0 Å². The fourth-order valence-electron chi connectivity index (χ4n) is 2.70. The molecule has 0 spiro atoms. The van der Waals surface area contributed by atoms with Gasteiger partial charge in [-0.2, -0.15) is 0 Å². The van der Waals surface area contributed by atoms with Crippen molar-refractivity contribution in [1.82, 2.24) is 9.55 Å². The van der Waals surface area contributed by atoms with Crippen molar-refractivity contribution in [3.05, 3.63) is 18.2 Å². The first kappa shape index (κ1) is 10.7. The molecule has 3 atom stereocenters. The van der Waals surface area contributed by atoms with E-state index >= 15 is 0 Å². The molecule has 0 saturated heterocycles. The Bertz CT molecular complexity index is 347. The summed E-state index contributed by atoms with van der Waals surface area (Å²) in [6, 6.07) is 0. The van der Waals surface area contributed by atoms with Crippen LogP contribution in [0.25, 0.3) is 0 Å². The van der Waals surface area contributed by atoms with Crippen LogP contribution >= 0.6 is 0 Å². The molecule has 0 bridgehead atoms. The van der Waals surface area contributed by atoms with Crippen LogP contribution in [-0.2, 0) is 12.6 Å². The lowest BCUT2D eigenvalue weighted by Gasteiger charge is -2.40. The molecule has 3 heteroatoms. The maximum absolute atomic E-state index is 10.8. The van der Waals surface area contributed by atoms with Crippen LogP contribution in [0.1, 0.15) is 38.9 Å². The molecule has 1 aromatic heterocycles. The number of hydrogen-bond acceptors (Lipinski definition) is 2. The Hall–Kier alpha value is -0.830. The molecule has 0 aliphatic heterocycles. The Morgan fingerprint density at radius 1 is 1.47 bits per heavy atom. The quantitative estimate of drug-likeness (QED) is 0.767. The van der Waals surface area contributed by atoms with Gasteiger partial charge in [0.25, 0.3) is 0 Å². The Balaban J connectivity index is 2.35. The van der Waals surface area contributed by atoms with Gasteiger partial charge in [0, 0.05) is 19.4 Å². The van der Waals surface area contributed by atoms with E-state index in [2.05, 4.69) is 18.8 Å². The minimum absolute atomic E-state index is 0.301. The van der Waals surface area contributed by atoms with Gasteiger partial charge in [0.1, 0.15) is 11.4 Å². The predicted octanol–water partition coefficient (Wildman–Crippen LogP) is 2.06. The average Bonchev–Trinajstić information content (AvgIpc) is 2.59. The van der Waals surface area contributed by atoms with Crippen LogP contribution in [0.15, 0.2) is 12.4 Å². The van der Waals surface area contributed by atoms with E-state index in [0.29, 0.717) is 11.8 Å². The van der Waals surface area contributed by atoms with Gasteiger partial charge in [-0.3, -0.25) is 0 Å². The predicted molar refractivity (Wildman–Crippen MR) is 59.3 cm³/mol. The number of nitrogens with zero attached hydrogens (tertiary/aromatic N) is 2. The SMILES string of the molecule is CC1CCC(C)C(O)(c2nccn2C)C1. The van der Waals surface area contributed by atoms with Gasteiger partial charge in [-0.15, -0.1) is 0 Å². The van der Waals surface area contributed by atoms with E-state index in [1.807, 2.05) is 17.8 Å². The fraction of sp³-hybridized carbons (Fsp3) is 0.750. The van der Waals surface area contributed by atoms with Gasteiger partial charge in [-0.05, 0) is 24.7 Å². The molecule has 0 amide bonds. The molecule has 1 heterocycles. The number of aliphatic hydroxyl groups is 1. The van der Waals surface area contributed by atoms with E-state index in [1.54, 1.807) is 6.20 Å². The summed E-state index contributed by atoms with van der Waals surface area (Å²) in [5.74, 6) is 1.71. The molecular weight excluding hydrogens is 188 g/mol. The van der Waals surface area contributed by atoms with E-state index in [9.17, 15) is 5.11 Å². The van der Waals surface area contributed by atoms with E-state index in [1.165, 1.54) is 6.42 Å². The zero-order chi connectivity index (χ0) is 11.1. The highest BCUT2D eigenvalue weighted by Crippen LogP contribution is 2.42. The van der Waals surface area contributed by atoms with Crippen LogP contribution in [0, 0.1) is 11.8 Å². The van der Waals surface area contributed by atoms with Crippen LogP contribution in [0.2, 0.25) is 0 Å². The lowest BCUT2D eigenvalue weighted by atomic mass is 9.71. The van der Waals surface area contributed by atoms with Crippen LogP contribution in [0.5, 0.6) is 0 Å². The first-order valence-electron chi connectivity index (χ1n) is 5.74. The Morgan fingerprint density at radius 2 is 2.20 bits per heavy atom. The van der Waals surface area contributed by atoms with E-state index < -0.39 is 5.60 Å². The van der Waals surface area contributed by atoms with Gasteiger partial charge in [-0.1, -0.05) is 20.3 Å². The maximum atomic E-state index is 10.8. The van der Waals surface area contributed by atoms with Crippen molar-refractivity contribution < 1.29 is 5.11 Å². The average molecular weight is 208 g/mol. The highest BCUT2D eigenvalue weighted by molar-refractivity contribution is 5.08. The van der Waals surface area contributed by atoms with Gasteiger partial charge in [0.15, 0.2) is 0 Å². The second-order valence-electron chi connectivity index (χ2n) is 5.07. The first-order chi connectivity index (χ1) is 7.04. The molecule has 1 N–H and O–H groups in total. The summed E-state index contributed by atoms with van der Waals surface area (Å²) in [4.78, 5) is 4.31. The largest absolute Gasteiger partial charge is 0.382 e. The molecule has 1 aromatic rings. The van der Waals surface area contributed by atoms with Gasteiger partial charge in [0.05, 0.1) is 0 Å². The minimum Gasteiger partial charge on any atom is -0.382 e. The number of hydrogen-bond donors (Lipinski definition) is 1. The Morgan fingerprint density at radius 3 is 2.80 bits per heavy atom. The zero-order valence-corrected chi connectivity index (χ0v) is 9.77. The maximum Gasteiger partial charge on any atom is 0.140 e. The number of aromatic nitrogens is 2. The molecule has 1 aliphatic carbocycles. The van der Waals surface area contributed by atoms with Gasteiger partial charge >= 0.3 is 0 Å². The van der Waals surface area contributed by atoms with Crippen molar-refractivity contribution in [3.63, 3.8) is 0 Å². The van der Waals surface area contributed by atoms with Crippen molar-refractivity contribution in [2.75, 3.05) is 0 Å². The summed E-state index contributed by atoms with van der Waals surface area (Å²) in [6.45, 7) is 4.33. The smallest absolute Gasteiger partial charge is 0.140 e. The van der Waals surface area contributed by atoms with Gasteiger partial charge < -0.3 is 9.67 Å². The minimum atomic E-state index is -0.726. The third-order valence-corrected chi connectivity index (χ3v) is 3.78. The summed E-state index contributed by atoms with van der Waals surface area (Å²) in [5, 5.41) is 10.8. The Kier molecular flexibility index (Phi) is 2.59. The molecule has 3 unspecified atom stereocenters. The number of rotatable bonds is 1. The Labute approximate surface area is 91.1 Å².